The van der Waals surface area contributed by atoms with E-state index in [2.05, 4.69) is 15.2 Å². The van der Waals surface area contributed by atoms with E-state index in [4.69, 9.17) is 16.3 Å². The number of thioether (sulfide) groups is 1. The molecule has 1 aliphatic heterocycles. The van der Waals surface area contributed by atoms with E-state index in [9.17, 15) is 9.18 Å². The largest absolute Gasteiger partial charge is 0.486 e. The fourth-order valence-electron chi connectivity index (χ4n) is 3.21. The highest BCUT2D eigenvalue weighted by Gasteiger charge is 2.23. The summed E-state index contributed by atoms with van der Waals surface area (Å²) in [4.78, 5) is 20.6. The fourth-order valence-corrected chi connectivity index (χ4v) is 4.06. The van der Waals surface area contributed by atoms with E-state index >= 15 is 0 Å². The minimum atomic E-state index is -0.238. The van der Waals surface area contributed by atoms with Crippen molar-refractivity contribution in [3.63, 3.8) is 0 Å². The number of nitrogens with zero attached hydrogens (tertiary/aromatic N) is 4. The molecule has 0 unspecified atom stereocenters. The molecular weight excluding hydrogens is 441 g/mol. The molecule has 2 aromatic carbocycles. The lowest BCUT2D eigenvalue weighted by Crippen LogP contribution is -2.49. The number of benzene rings is 2. The summed E-state index contributed by atoms with van der Waals surface area (Å²) in [6.07, 6.45) is 0. The summed E-state index contributed by atoms with van der Waals surface area (Å²) in [7, 11) is 0. The normalized spacial score (nSPS) is 14.0. The van der Waals surface area contributed by atoms with Gasteiger partial charge in [0.1, 0.15) is 18.2 Å². The molecule has 1 aromatic heterocycles. The Labute approximate surface area is 188 Å². The fraction of sp³-hybridized carbons (Fsp3) is 0.286. The van der Waals surface area contributed by atoms with E-state index in [1.165, 1.54) is 17.8 Å². The lowest BCUT2D eigenvalue weighted by atomic mass is 10.2. The maximum Gasteiger partial charge on any atom is 0.233 e. The summed E-state index contributed by atoms with van der Waals surface area (Å²) in [5, 5.41) is 8.08. The topological polar surface area (TPSA) is 74.3 Å². The molecule has 162 valence electrons. The lowest BCUT2D eigenvalue weighted by Gasteiger charge is -2.36. The van der Waals surface area contributed by atoms with Crippen LogP contribution < -0.4 is 9.64 Å². The third kappa shape index (κ3) is 5.68. The van der Waals surface area contributed by atoms with Gasteiger partial charge in [0.2, 0.25) is 11.1 Å². The summed E-state index contributed by atoms with van der Waals surface area (Å²) >= 11 is 7.13. The van der Waals surface area contributed by atoms with Crippen LogP contribution in [-0.2, 0) is 11.4 Å². The molecule has 3 aromatic rings. The van der Waals surface area contributed by atoms with Crippen molar-refractivity contribution in [2.75, 3.05) is 36.8 Å². The van der Waals surface area contributed by atoms with Gasteiger partial charge < -0.3 is 14.5 Å². The molecule has 0 atom stereocenters. The molecule has 1 N–H and O–H groups in total. The second kappa shape index (κ2) is 10.0. The molecule has 0 aliphatic carbocycles. The molecule has 1 aliphatic rings. The van der Waals surface area contributed by atoms with Gasteiger partial charge in [0.25, 0.3) is 0 Å². The second-order valence-corrected chi connectivity index (χ2v) is 8.29. The first-order valence-corrected chi connectivity index (χ1v) is 11.1. The summed E-state index contributed by atoms with van der Waals surface area (Å²) in [6.45, 7) is 2.55. The zero-order valence-electron chi connectivity index (χ0n) is 16.6. The molecule has 31 heavy (non-hydrogen) atoms. The first-order chi connectivity index (χ1) is 15.1. The maximum absolute atomic E-state index is 14.0. The Balaban J connectivity index is 1.21. The first kappa shape index (κ1) is 21.5. The Hall–Kier alpha value is -2.78. The number of amides is 1. The Kier molecular flexibility index (Phi) is 6.93. The van der Waals surface area contributed by atoms with Crippen LogP contribution in [0.2, 0.25) is 5.02 Å². The van der Waals surface area contributed by atoms with Gasteiger partial charge in [0.05, 0.1) is 11.4 Å². The predicted molar refractivity (Wildman–Crippen MR) is 118 cm³/mol. The molecule has 2 heterocycles. The molecule has 0 bridgehead atoms. The number of carbonyl (C=O) groups excluding carboxylic acids is 1. The van der Waals surface area contributed by atoms with Gasteiger partial charge in [-0.1, -0.05) is 35.5 Å². The Bertz CT molecular complexity index is 1020. The minimum absolute atomic E-state index is 0.0157. The molecule has 1 fully saturated rings. The van der Waals surface area contributed by atoms with Crippen LogP contribution in [0.4, 0.5) is 10.1 Å². The van der Waals surface area contributed by atoms with Crippen molar-refractivity contribution in [2.24, 2.45) is 0 Å². The van der Waals surface area contributed by atoms with Gasteiger partial charge >= 0.3 is 0 Å². The number of piperazine rings is 1. The van der Waals surface area contributed by atoms with Gasteiger partial charge in [-0.3, -0.25) is 9.89 Å². The number of H-pyrrole nitrogens is 1. The van der Waals surface area contributed by atoms with Gasteiger partial charge in [-0.2, -0.15) is 0 Å². The molecule has 1 saturated heterocycles. The highest BCUT2D eigenvalue weighted by Crippen LogP contribution is 2.21. The molecule has 0 radical (unpaired) electrons. The van der Waals surface area contributed by atoms with Crippen molar-refractivity contribution in [1.29, 1.82) is 0 Å². The van der Waals surface area contributed by atoms with Crippen molar-refractivity contribution in [3.8, 4) is 5.75 Å². The number of ether oxygens (including phenoxy) is 1. The predicted octanol–water partition coefficient (Wildman–Crippen LogP) is 3.62. The van der Waals surface area contributed by atoms with E-state index in [0.717, 1.165) is 0 Å². The standard InChI is InChI=1S/C21H21ClFN5O2S/c22-15-5-7-16(8-6-15)30-13-19-24-21(26-25-19)31-14-20(29)28-11-9-27(10-12-28)18-4-2-1-3-17(18)23/h1-8H,9-14H2,(H,24,25,26). The monoisotopic (exact) mass is 461 g/mol. The lowest BCUT2D eigenvalue weighted by molar-refractivity contribution is -0.128. The van der Waals surface area contributed by atoms with Gasteiger partial charge in [-0.25, -0.2) is 9.37 Å². The second-order valence-electron chi connectivity index (χ2n) is 6.92. The van der Waals surface area contributed by atoms with Gasteiger partial charge in [-0.05, 0) is 36.4 Å². The van der Waals surface area contributed by atoms with Gasteiger partial charge in [-0.15, -0.1) is 5.10 Å². The average molecular weight is 462 g/mol. The number of nitrogens with one attached hydrogen (secondary N) is 1. The summed E-state index contributed by atoms with van der Waals surface area (Å²) < 4.78 is 19.6. The number of rotatable bonds is 7. The first-order valence-electron chi connectivity index (χ1n) is 9.78. The van der Waals surface area contributed by atoms with Crippen molar-refractivity contribution in [2.45, 2.75) is 11.8 Å². The van der Waals surface area contributed by atoms with Crippen LogP contribution in [-0.4, -0.2) is 57.9 Å². The molecule has 7 nitrogen and oxygen atoms in total. The number of aromatic amines is 1. The van der Waals surface area contributed by atoms with Crippen molar-refractivity contribution < 1.29 is 13.9 Å². The smallest absolute Gasteiger partial charge is 0.233 e. The number of para-hydroxylation sites is 1. The number of halogens is 2. The number of hydrogen-bond acceptors (Lipinski definition) is 6. The Morgan fingerprint density at radius 1 is 1.13 bits per heavy atom. The number of anilines is 1. The molecule has 1 amide bonds. The average Bonchev–Trinajstić information content (AvgIpc) is 3.25. The van der Waals surface area contributed by atoms with Gasteiger partial charge in [0.15, 0.2) is 5.82 Å². The number of hydrogen-bond donors (Lipinski definition) is 1. The van der Waals surface area contributed by atoms with Crippen LogP contribution in [0.3, 0.4) is 0 Å². The highest BCUT2D eigenvalue weighted by atomic mass is 35.5. The van der Waals surface area contributed by atoms with Crippen molar-refractivity contribution >= 4 is 35.0 Å². The van der Waals surface area contributed by atoms with Crippen LogP contribution in [0.5, 0.6) is 5.75 Å². The van der Waals surface area contributed by atoms with E-state index in [1.807, 2.05) is 11.0 Å². The van der Waals surface area contributed by atoms with Gasteiger partial charge in [0, 0.05) is 31.2 Å². The molecular formula is C21H21ClFN5O2S. The zero-order chi connectivity index (χ0) is 21.6. The SMILES string of the molecule is O=C(CSc1n[nH]c(COc2ccc(Cl)cc2)n1)N1CCN(c2ccccc2F)CC1. The molecule has 10 heteroatoms. The maximum atomic E-state index is 14.0. The quantitative estimate of drug-likeness (QED) is 0.542. The van der Waals surface area contributed by atoms with E-state index < -0.39 is 0 Å². The third-order valence-corrected chi connectivity index (χ3v) is 5.93. The third-order valence-electron chi connectivity index (χ3n) is 4.85. The minimum Gasteiger partial charge on any atom is -0.486 e. The molecule has 0 saturated carbocycles. The van der Waals surface area contributed by atoms with Crippen LogP contribution in [0.15, 0.2) is 53.7 Å². The summed E-state index contributed by atoms with van der Waals surface area (Å²) in [6, 6.07) is 13.8. The van der Waals surface area contributed by atoms with Crippen LogP contribution >= 0.6 is 23.4 Å². The van der Waals surface area contributed by atoms with Crippen molar-refractivity contribution in [1.82, 2.24) is 20.1 Å². The Morgan fingerprint density at radius 2 is 1.87 bits per heavy atom. The van der Waals surface area contributed by atoms with Crippen LogP contribution in [0.25, 0.3) is 0 Å². The van der Waals surface area contributed by atoms with Crippen LogP contribution in [0, 0.1) is 5.82 Å². The molecule has 0 spiro atoms. The molecule has 4 rings (SSSR count). The van der Waals surface area contributed by atoms with E-state index in [-0.39, 0.29) is 24.1 Å². The summed E-state index contributed by atoms with van der Waals surface area (Å²) in [5.41, 5.74) is 0.582. The zero-order valence-corrected chi connectivity index (χ0v) is 18.2. The number of aromatic nitrogens is 3. The van der Waals surface area contributed by atoms with Crippen LogP contribution in [0.1, 0.15) is 5.82 Å². The Morgan fingerprint density at radius 3 is 2.61 bits per heavy atom. The van der Waals surface area contributed by atoms with E-state index in [0.29, 0.717) is 53.6 Å². The van der Waals surface area contributed by atoms with Crippen molar-refractivity contribution in [3.05, 3.63) is 65.2 Å². The number of carbonyl (C=O) groups is 1. The van der Waals surface area contributed by atoms with E-state index in [1.54, 1.807) is 41.3 Å². The highest BCUT2D eigenvalue weighted by molar-refractivity contribution is 7.99. The summed E-state index contributed by atoms with van der Waals surface area (Å²) in [5.74, 6) is 1.28.